The minimum Gasteiger partial charge on any atom is -0.447 e. The van der Waals surface area contributed by atoms with Crippen LogP contribution in [0, 0.1) is 11.8 Å². The van der Waals surface area contributed by atoms with Crippen LogP contribution in [0.3, 0.4) is 0 Å². The van der Waals surface area contributed by atoms with Gasteiger partial charge in [0.25, 0.3) is 0 Å². The molecule has 1 heterocycles. The van der Waals surface area contributed by atoms with Crippen molar-refractivity contribution in [2.24, 2.45) is 11.8 Å². The van der Waals surface area contributed by atoms with Crippen LogP contribution in [0.2, 0.25) is 0 Å². The minimum absolute atomic E-state index is 0.233. The first-order valence-corrected chi connectivity index (χ1v) is 8.08. The van der Waals surface area contributed by atoms with Crippen LogP contribution in [-0.2, 0) is 11.3 Å². The number of fused-ring (bicyclic) bond motifs is 1. The zero-order valence-corrected chi connectivity index (χ0v) is 12.3. The Morgan fingerprint density at radius 2 is 2.10 bits per heavy atom. The van der Waals surface area contributed by atoms with Crippen molar-refractivity contribution in [3.63, 3.8) is 0 Å². The van der Waals surface area contributed by atoms with Crippen molar-refractivity contribution in [3.8, 4) is 0 Å². The number of ether oxygens (including phenoxy) is 1. The van der Waals surface area contributed by atoms with E-state index < -0.39 is 0 Å². The first-order chi connectivity index (χ1) is 10.3. The van der Waals surface area contributed by atoms with Gasteiger partial charge in [0.05, 0.1) is 6.54 Å². The van der Waals surface area contributed by atoms with Gasteiger partial charge >= 0.3 is 6.09 Å². The molecule has 2 saturated carbocycles. The van der Waals surface area contributed by atoms with Crippen molar-refractivity contribution >= 4 is 11.8 Å². The van der Waals surface area contributed by atoms with Gasteiger partial charge in [-0.05, 0) is 42.4 Å². The summed E-state index contributed by atoms with van der Waals surface area (Å²) in [7, 11) is 0. The minimum atomic E-state index is -0.233. The number of amides is 1. The second kappa shape index (κ2) is 5.34. The van der Waals surface area contributed by atoms with Crippen molar-refractivity contribution in [2.75, 3.05) is 18.1 Å². The standard InChI is InChI=1S/C17H22N2O2/c20-17-19(8-9-21-17)14-6-4-12(5-7-14)11-18-16-3-1-2-13-10-15(13)16/h4-7,13,15-16,18H,1-3,8-11H2/t13-,15+,16?/m0/s1. The monoisotopic (exact) mass is 286 g/mol. The third-order valence-electron chi connectivity index (χ3n) is 5.16. The number of anilines is 1. The predicted molar refractivity (Wildman–Crippen MR) is 81.2 cm³/mol. The molecule has 2 aliphatic carbocycles. The third-order valence-corrected chi connectivity index (χ3v) is 5.16. The summed E-state index contributed by atoms with van der Waals surface area (Å²) < 4.78 is 4.97. The predicted octanol–water partition coefficient (Wildman–Crippen LogP) is 2.92. The lowest BCUT2D eigenvalue weighted by molar-refractivity contribution is 0.181. The summed E-state index contributed by atoms with van der Waals surface area (Å²) >= 11 is 0. The molecule has 0 spiro atoms. The summed E-state index contributed by atoms with van der Waals surface area (Å²) in [6, 6.07) is 8.98. The van der Waals surface area contributed by atoms with Crippen LogP contribution in [0.4, 0.5) is 10.5 Å². The van der Waals surface area contributed by atoms with Gasteiger partial charge in [0, 0.05) is 18.3 Å². The molecule has 0 bridgehead atoms. The Kier molecular flexibility index (Phi) is 3.34. The van der Waals surface area contributed by atoms with Gasteiger partial charge in [-0.25, -0.2) is 4.79 Å². The highest BCUT2D eigenvalue weighted by Crippen LogP contribution is 2.49. The lowest BCUT2D eigenvalue weighted by atomic mass is 9.95. The molecule has 4 heteroatoms. The SMILES string of the molecule is O=C1OCCN1c1ccc(CNC2CCC[C@H]3C[C@@H]23)cc1. The molecule has 1 aliphatic heterocycles. The van der Waals surface area contributed by atoms with Crippen molar-refractivity contribution in [1.82, 2.24) is 5.32 Å². The lowest BCUT2D eigenvalue weighted by Gasteiger charge is -2.23. The van der Waals surface area contributed by atoms with Gasteiger partial charge in [0.2, 0.25) is 0 Å². The molecule has 4 rings (SSSR count). The Hall–Kier alpha value is -1.55. The lowest BCUT2D eigenvalue weighted by Crippen LogP contribution is -2.33. The van der Waals surface area contributed by atoms with E-state index in [-0.39, 0.29) is 6.09 Å². The van der Waals surface area contributed by atoms with Crippen LogP contribution in [0.5, 0.6) is 0 Å². The van der Waals surface area contributed by atoms with Crippen LogP contribution >= 0.6 is 0 Å². The van der Waals surface area contributed by atoms with Gasteiger partial charge in [-0.15, -0.1) is 0 Å². The molecule has 3 fully saturated rings. The van der Waals surface area contributed by atoms with Crippen molar-refractivity contribution in [1.29, 1.82) is 0 Å². The molecule has 3 atom stereocenters. The Morgan fingerprint density at radius 3 is 2.86 bits per heavy atom. The van der Waals surface area contributed by atoms with Gasteiger partial charge in [-0.1, -0.05) is 25.0 Å². The second-order valence-corrected chi connectivity index (χ2v) is 6.51. The Balaban J connectivity index is 1.34. The summed E-state index contributed by atoms with van der Waals surface area (Å²) in [5.41, 5.74) is 2.22. The van der Waals surface area contributed by atoms with E-state index >= 15 is 0 Å². The highest BCUT2D eigenvalue weighted by molar-refractivity contribution is 5.89. The first-order valence-electron chi connectivity index (χ1n) is 8.08. The fraction of sp³-hybridized carbons (Fsp3) is 0.588. The Morgan fingerprint density at radius 1 is 1.24 bits per heavy atom. The maximum atomic E-state index is 11.5. The first kappa shape index (κ1) is 13.1. The summed E-state index contributed by atoms with van der Waals surface area (Å²) in [6.45, 7) is 2.08. The van der Waals surface area contributed by atoms with Crippen LogP contribution in [0.1, 0.15) is 31.2 Å². The van der Waals surface area contributed by atoms with Crippen molar-refractivity contribution < 1.29 is 9.53 Å². The van der Waals surface area contributed by atoms with Gasteiger partial charge in [-0.2, -0.15) is 0 Å². The number of benzene rings is 1. The van der Waals surface area contributed by atoms with E-state index in [1.54, 1.807) is 4.90 Å². The molecular weight excluding hydrogens is 264 g/mol. The molecule has 0 aromatic heterocycles. The van der Waals surface area contributed by atoms with Gasteiger partial charge in [0.1, 0.15) is 6.61 Å². The maximum Gasteiger partial charge on any atom is 0.414 e. The van der Waals surface area contributed by atoms with Crippen LogP contribution < -0.4 is 10.2 Å². The van der Waals surface area contributed by atoms with Crippen molar-refractivity contribution in [2.45, 2.75) is 38.3 Å². The highest BCUT2D eigenvalue weighted by atomic mass is 16.6. The molecule has 21 heavy (non-hydrogen) atoms. The van der Waals surface area contributed by atoms with E-state index in [4.69, 9.17) is 4.74 Å². The summed E-state index contributed by atoms with van der Waals surface area (Å²) in [4.78, 5) is 13.2. The molecule has 3 aliphatic rings. The van der Waals surface area contributed by atoms with E-state index in [0.29, 0.717) is 13.2 Å². The average Bonchev–Trinajstić information content (AvgIpc) is 3.20. The smallest absolute Gasteiger partial charge is 0.414 e. The van der Waals surface area contributed by atoms with Gasteiger partial charge in [0.15, 0.2) is 0 Å². The number of hydrogen-bond acceptors (Lipinski definition) is 3. The number of cyclic esters (lactones) is 1. The van der Waals surface area contributed by atoms with Gasteiger partial charge in [-0.3, -0.25) is 4.90 Å². The summed E-state index contributed by atoms with van der Waals surface area (Å²) in [5.74, 6) is 1.96. The van der Waals surface area contributed by atoms with E-state index in [2.05, 4.69) is 17.4 Å². The fourth-order valence-corrected chi connectivity index (χ4v) is 3.83. The number of nitrogens with zero attached hydrogens (tertiary/aromatic N) is 1. The van der Waals surface area contributed by atoms with Gasteiger partial charge < -0.3 is 10.1 Å². The number of carbonyl (C=O) groups is 1. The molecule has 0 radical (unpaired) electrons. The van der Waals surface area contributed by atoms with Crippen LogP contribution in [0.15, 0.2) is 24.3 Å². The zero-order valence-electron chi connectivity index (χ0n) is 12.3. The zero-order chi connectivity index (χ0) is 14.2. The molecule has 1 saturated heterocycles. The van der Waals surface area contributed by atoms with E-state index in [0.717, 1.165) is 30.1 Å². The molecular formula is C17H22N2O2. The fourth-order valence-electron chi connectivity index (χ4n) is 3.83. The Labute approximate surface area is 125 Å². The normalized spacial score (nSPS) is 31.0. The summed E-state index contributed by atoms with van der Waals surface area (Å²) in [6.07, 6.45) is 5.37. The molecule has 4 nitrogen and oxygen atoms in total. The number of carbonyl (C=O) groups excluding carboxylic acids is 1. The number of nitrogens with one attached hydrogen (secondary N) is 1. The van der Waals surface area contributed by atoms with Crippen LogP contribution in [-0.4, -0.2) is 25.3 Å². The van der Waals surface area contributed by atoms with Crippen LogP contribution in [0.25, 0.3) is 0 Å². The quantitative estimate of drug-likeness (QED) is 0.925. The molecule has 1 aromatic carbocycles. The van der Waals surface area contributed by atoms with E-state index in [1.807, 2.05) is 12.1 Å². The topological polar surface area (TPSA) is 41.6 Å². The molecule has 1 aromatic rings. The molecule has 1 unspecified atom stereocenters. The van der Waals surface area contributed by atoms with E-state index in [1.165, 1.54) is 31.2 Å². The average molecular weight is 286 g/mol. The molecule has 112 valence electrons. The highest BCUT2D eigenvalue weighted by Gasteiger charge is 2.44. The Bertz CT molecular complexity index is 528. The number of hydrogen-bond donors (Lipinski definition) is 1. The molecule has 1 amide bonds. The summed E-state index contributed by atoms with van der Waals surface area (Å²) in [5, 5.41) is 3.72. The maximum absolute atomic E-state index is 11.5. The third kappa shape index (κ3) is 2.64. The second-order valence-electron chi connectivity index (χ2n) is 6.51. The number of rotatable bonds is 4. The largest absolute Gasteiger partial charge is 0.447 e. The van der Waals surface area contributed by atoms with E-state index in [9.17, 15) is 4.79 Å². The van der Waals surface area contributed by atoms with Crippen molar-refractivity contribution in [3.05, 3.63) is 29.8 Å². The molecule has 1 N–H and O–H groups in total.